The van der Waals surface area contributed by atoms with Crippen LogP contribution in [0.2, 0.25) is 0 Å². The van der Waals surface area contributed by atoms with E-state index < -0.39 is 23.3 Å². The number of benzene rings is 1. The van der Waals surface area contributed by atoms with Gasteiger partial charge in [0.1, 0.15) is 5.60 Å². The third-order valence-corrected chi connectivity index (χ3v) is 2.21. The summed E-state index contributed by atoms with van der Waals surface area (Å²) in [5, 5.41) is 11.6. The van der Waals surface area contributed by atoms with Crippen molar-refractivity contribution >= 4 is 12.4 Å². The van der Waals surface area contributed by atoms with E-state index in [2.05, 4.69) is 17.2 Å². The highest BCUT2D eigenvalue weighted by Gasteiger charge is 2.15. The molecule has 0 aliphatic heterocycles. The lowest BCUT2D eigenvalue weighted by Gasteiger charge is -2.19. The Morgan fingerprint density at radius 3 is 2.71 bits per heavy atom. The van der Waals surface area contributed by atoms with Crippen LogP contribution >= 0.6 is 0 Å². The van der Waals surface area contributed by atoms with Gasteiger partial charge in [-0.25, -0.2) is 9.18 Å². The number of phenols is 1. The fourth-order valence-electron chi connectivity index (χ4n) is 1.37. The molecule has 1 rings (SSSR count). The fourth-order valence-corrected chi connectivity index (χ4v) is 1.37. The maximum Gasteiger partial charge on any atom is 0.408 e. The summed E-state index contributed by atoms with van der Waals surface area (Å²) in [5.74, 6) is 3.33. The van der Waals surface area contributed by atoms with Crippen LogP contribution in [0.5, 0.6) is 5.75 Å². The van der Waals surface area contributed by atoms with Crippen LogP contribution in [-0.4, -0.2) is 29.6 Å². The highest BCUT2D eigenvalue weighted by molar-refractivity contribution is 5.80. The lowest BCUT2D eigenvalue weighted by Crippen LogP contribution is -2.32. The molecule has 0 unspecified atom stereocenters. The van der Waals surface area contributed by atoms with Gasteiger partial charge < -0.3 is 15.2 Å². The Morgan fingerprint density at radius 1 is 1.48 bits per heavy atom. The number of carbonyl (C=O) groups excluding carboxylic acids is 2. The van der Waals surface area contributed by atoms with Crippen LogP contribution in [0, 0.1) is 17.7 Å². The number of carbonyl (C=O) groups is 2. The van der Waals surface area contributed by atoms with Crippen LogP contribution in [0.3, 0.4) is 0 Å². The molecule has 0 aliphatic carbocycles. The van der Waals surface area contributed by atoms with Crippen molar-refractivity contribution in [3.8, 4) is 17.6 Å². The quantitative estimate of drug-likeness (QED) is 0.647. The third kappa shape index (κ3) is 5.15. The van der Waals surface area contributed by atoms with Crippen molar-refractivity contribution in [2.24, 2.45) is 0 Å². The number of amides is 1. The molecule has 1 aromatic carbocycles. The number of phenolic OH excluding ortho intramolecular Hbond substituents is 1. The van der Waals surface area contributed by atoms with Gasteiger partial charge in [-0.1, -0.05) is 11.8 Å². The van der Waals surface area contributed by atoms with Gasteiger partial charge in [0, 0.05) is 5.56 Å². The second kappa shape index (κ2) is 6.75. The van der Waals surface area contributed by atoms with E-state index >= 15 is 0 Å². The molecular formula is C15H16FNO4. The predicted octanol–water partition coefficient (Wildman–Crippen LogP) is 2.22. The smallest absolute Gasteiger partial charge is 0.408 e. The van der Waals surface area contributed by atoms with Crippen molar-refractivity contribution in [2.75, 3.05) is 6.54 Å². The average Bonchev–Trinajstić information content (AvgIpc) is 2.37. The molecule has 0 fully saturated rings. The Kier molecular flexibility index (Phi) is 5.30. The Bertz CT molecular complexity index is 609. The van der Waals surface area contributed by atoms with Gasteiger partial charge >= 0.3 is 6.09 Å². The topological polar surface area (TPSA) is 75.6 Å². The van der Waals surface area contributed by atoms with Gasteiger partial charge in [0.15, 0.2) is 17.9 Å². The summed E-state index contributed by atoms with van der Waals surface area (Å²) in [6, 6.07) is 2.33. The summed E-state index contributed by atoms with van der Waals surface area (Å²) in [6.07, 6.45) is -0.211. The van der Waals surface area contributed by atoms with Gasteiger partial charge in [-0.15, -0.1) is 0 Å². The fraction of sp³-hybridized carbons (Fsp3) is 0.333. The van der Waals surface area contributed by atoms with E-state index in [1.165, 1.54) is 6.07 Å². The molecule has 21 heavy (non-hydrogen) atoms. The van der Waals surface area contributed by atoms with Crippen LogP contribution in [0.4, 0.5) is 9.18 Å². The summed E-state index contributed by atoms with van der Waals surface area (Å²) >= 11 is 0. The van der Waals surface area contributed by atoms with Crippen LogP contribution in [0.25, 0.3) is 0 Å². The number of alkyl carbamates (subject to hydrolysis) is 1. The molecule has 2 N–H and O–H groups in total. The Hall–Kier alpha value is -2.55. The van der Waals surface area contributed by atoms with Gasteiger partial charge in [0.2, 0.25) is 0 Å². The zero-order valence-electron chi connectivity index (χ0n) is 12.0. The van der Waals surface area contributed by atoms with Crippen LogP contribution in [0.1, 0.15) is 36.7 Å². The minimum Gasteiger partial charge on any atom is -0.505 e. The largest absolute Gasteiger partial charge is 0.505 e. The van der Waals surface area contributed by atoms with E-state index in [4.69, 9.17) is 4.74 Å². The maximum absolute atomic E-state index is 13.6. The standard InChI is InChI=1S/C15H16FNO4/c1-15(2,3)21-14(20)17-8-4-5-11-10(9-18)6-7-12(19)13(11)16/h6-7,9,19H,8H2,1-3H3,(H,17,20). The number of aromatic hydroxyl groups is 1. The molecule has 1 aromatic rings. The minimum absolute atomic E-state index is 0.0232. The SMILES string of the molecule is CC(C)(C)OC(=O)NCC#Cc1c(C=O)ccc(O)c1F. The molecule has 0 atom stereocenters. The van der Waals surface area contributed by atoms with Gasteiger partial charge in [0.25, 0.3) is 0 Å². The molecule has 0 spiro atoms. The highest BCUT2D eigenvalue weighted by atomic mass is 19.1. The summed E-state index contributed by atoms with van der Waals surface area (Å²) < 4.78 is 18.6. The Labute approximate surface area is 122 Å². The van der Waals surface area contributed by atoms with E-state index in [0.717, 1.165) is 6.07 Å². The normalized spacial score (nSPS) is 10.3. The molecule has 0 saturated heterocycles. The monoisotopic (exact) mass is 293 g/mol. The summed E-state index contributed by atoms with van der Waals surface area (Å²) in [4.78, 5) is 22.1. The van der Waals surface area contributed by atoms with E-state index in [1.54, 1.807) is 20.8 Å². The van der Waals surface area contributed by atoms with Crippen LogP contribution < -0.4 is 5.32 Å². The first-order valence-electron chi connectivity index (χ1n) is 6.17. The zero-order chi connectivity index (χ0) is 16.0. The van der Waals surface area contributed by atoms with Crippen molar-refractivity contribution < 1.29 is 23.8 Å². The predicted molar refractivity (Wildman–Crippen MR) is 74.6 cm³/mol. The highest BCUT2D eigenvalue weighted by Crippen LogP contribution is 2.20. The molecule has 112 valence electrons. The molecule has 1 amide bonds. The third-order valence-electron chi connectivity index (χ3n) is 2.21. The Morgan fingerprint density at radius 2 is 2.14 bits per heavy atom. The average molecular weight is 293 g/mol. The van der Waals surface area contributed by atoms with Crippen LogP contribution in [0.15, 0.2) is 12.1 Å². The summed E-state index contributed by atoms with van der Waals surface area (Å²) in [5.41, 5.74) is -0.814. The van der Waals surface area contributed by atoms with Crippen molar-refractivity contribution in [3.05, 3.63) is 29.1 Å². The molecule has 0 aromatic heterocycles. The van der Waals surface area contributed by atoms with E-state index in [9.17, 15) is 19.1 Å². The number of hydrogen-bond donors (Lipinski definition) is 2. The van der Waals surface area contributed by atoms with E-state index in [0.29, 0.717) is 6.29 Å². The Balaban J connectivity index is 2.74. The van der Waals surface area contributed by atoms with Crippen molar-refractivity contribution in [1.82, 2.24) is 5.32 Å². The van der Waals surface area contributed by atoms with Gasteiger partial charge in [-0.05, 0) is 32.9 Å². The number of hydrogen-bond acceptors (Lipinski definition) is 4. The molecule has 5 nitrogen and oxygen atoms in total. The molecule has 6 heteroatoms. The number of nitrogens with one attached hydrogen (secondary N) is 1. The second-order valence-electron chi connectivity index (χ2n) is 5.14. The summed E-state index contributed by atoms with van der Waals surface area (Å²) in [6.45, 7) is 5.08. The van der Waals surface area contributed by atoms with Gasteiger partial charge in [-0.2, -0.15) is 0 Å². The molecule has 0 saturated carbocycles. The number of rotatable bonds is 2. The first-order valence-corrected chi connectivity index (χ1v) is 6.17. The number of aldehydes is 1. The molecule has 0 aliphatic rings. The van der Waals surface area contributed by atoms with Crippen molar-refractivity contribution in [3.63, 3.8) is 0 Å². The van der Waals surface area contributed by atoms with Gasteiger partial charge in [-0.3, -0.25) is 4.79 Å². The van der Waals surface area contributed by atoms with Crippen molar-refractivity contribution in [1.29, 1.82) is 0 Å². The molecule has 0 heterocycles. The lowest BCUT2D eigenvalue weighted by atomic mass is 10.1. The van der Waals surface area contributed by atoms with Gasteiger partial charge in [0.05, 0.1) is 12.1 Å². The number of halogens is 1. The molecular weight excluding hydrogens is 277 g/mol. The first-order chi connectivity index (χ1) is 9.74. The minimum atomic E-state index is -0.968. The zero-order valence-corrected chi connectivity index (χ0v) is 12.0. The first kappa shape index (κ1) is 16.5. The van der Waals surface area contributed by atoms with E-state index in [-0.39, 0.29) is 17.7 Å². The van der Waals surface area contributed by atoms with Crippen LogP contribution in [-0.2, 0) is 4.74 Å². The lowest BCUT2D eigenvalue weighted by molar-refractivity contribution is 0.0535. The summed E-state index contributed by atoms with van der Waals surface area (Å²) in [7, 11) is 0. The number of ether oxygens (including phenoxy) is 1. The second-order valence-corrected chi connectivity index (χ2v) is 5.14. The molecule has 0 radical (unpaired) electrons. The van der Waals surface area contributed by atoms with Crippen molar-refractivity contribution in [2.45, 2.75) is 26.4 Å². The van der Waals surface area contributed by atoms with E-state index in [1.807, 2.05) is 0 Å². The molecule has 0 bridgehead atoms. The maximum atomic E-state index is 13.6.